The summed E-state index contributed by atoms with van der Waals surface area (Å²) >= 11 is 0. The Morgan fingerprint density at radius 2 is 1.97 bits per heavy atom. The van der Waals surface area contributed by atoms with Crippen LogP contribution in [0.1, 0.15) is 66.2 Å². The Balaban J connectivity index is 1.83. The molecule has 4 rings (SSSR count). The number of Topliss-reactive ketones (excluding diaryl/α,β-unsaturated/α-hetero) is 1. The lowest BCUT2D eigenvalue weighted by Crippen LogP contribution is -2.70. The molecule has 0 heterocycles. The van der Waals surface area contributed by atoms with Gasteiger partial charge in [-0.15, -0.1) is 0 Å². The van der Waals surface area contributed by atoms with E-state index in [1.165, 1.54) is 12.2 Å². The molecule has 4 aliphatic carbocycles. The first-order valence-electron chi connectivity index (χ1n) is 12.1. The number of alkyl halides is 1. The fourth-order valence-corrected chi connectivity index (χ4v) is 7.95. The lowest BCUT2D eigenvalue weighted by molar-refractivity contribution is -0.228. The monoisotopic (exact) mass is 462 g/mol. The molecule has 0 aromatic heterocycles. The highest BCUT2D eigenvalue weighted by atomic mass is 19.1. The minimum Gasteiger partial charge on any atom is -0.450 e. The van der Waals surface area contributed by atoms with Gasteiger partial charge in [-0.05, 0) is 57.1 Å². The maximum Gasteiger partial charge on any atom is 0.306 e. The van der Waals surface area contributed by atoms with Gasteiger partial charge in [0.25, 0.3) is 0 Å². The highest BCUT2D eigenvalue weighted by Gasteiger charge is 2.77. The second-order valence-corrected chi connectivity index (χ2v) is 10.9. The van der Waals surface area contributed by atoms with Crippen LogP contribution in [0.4, 0.5) is 4.39 Å². The molecule has 4 aliphatic rings. The molecule has 0 aromatic rings. The van der Waals surface area contributed by atoms with Crippen molar-refractivity contribution in [2.24, 2.45) is 28.6 Å². The number of aliphatic hydroxyl groups is 2. The van der Waals surface area contributed by atoms with Crippen molar-refractivity contribution >= 4 is 17.5 Å². The van der Waals surface area contributed by atoms with Crippen LogP contribution in [-0.2, 0) is 19.1 Å². The fourth-order valence-electron chi connectivity index (χ4n) is 7.95. The molecule has 0 spiro atoms. The van der Waals surface area contributed by atoms with E-state index in [1.54, 1.807) is 13.0 Å². The number of carbonyl (C=O) groups excluding carboxylic acids is 3. The quantitative estimate of drug-likeness (QED) is 0.609. The van der Waals surface area contributed by atoms with Crippen molar-refractivity contribution in [3.8, 4) is 0 Å². The average Bonchev–Trinajstić information content (AvgIpc) is 2.97. The number of halogens is 1. The zero-order valence-electron chi connectivity index (χ0n) is 19.9. The van der Waals surface area contributed by atoms with Crippen LogP contribution in [0.15, 0.2) is 23.8 Å². The van der Waals surface area contributed by atoms with Gasteiger partial charge in [0, 0.05) is 29.1 Å². The maximum atomic E-state index is 17.2. The van der Waals surface area contributed by atoms with E-state index in [0.717, 1.165) is 0 Å². The zero-order valence-corrected chi connectivity index (χ0v) is 19.9. The predicted octanol–water partition coefficient (Wildman–Crippen LogP) is 3.25. The second kappa shape index (κ2) is 7.84. The number of carbonyl (C=O) groups is 3. The summed E-state index contributed by atoms with van der Waals surface area (Å²) in [7, 11) is 0. The predicted molar refractivity (Wildman–Crippen MR) is 119 cm³/mol. The molecule has 3 fully saturated rings. The van der Waals surface area contributed by atoms with Crippen LogP contribution in [0, 0.1) is 28.6 Å². The Bertz CT molecular complexity index is 941. The third-order valence-electron chi connectivity index (χ3n) is 9.47. The number of ether oxygens (including phenoxy) is 1. The second-order valence-electron chi connectivity index (χ2n) is 10.9. The van der Waals surface area contributed by atoms with Gasteiger partial charge in [0.05, 0.1) is 6.10 Å². The number of fused-ring (bicyclic) bond motifs is 5. The Hall–Kier alpha value is -1.86. The SMILES string of the molecule is CCCC(=O)O[C@]1(C(=O)CO)[C@H](C)C[C@@H]2[C@@H]3CCC4=CC(=O)C=C[C@]4(C)[C@@]3(F)[C@H](O)C[C@@]21C. The number of hydrogen-bond acceptors (Lipinski definition) is 6. The van der Waals surface area contributed by atoms with Crippen molar-refractivity contribution in [1.82, 2.24) is 0 Å². The Morgan fingerprint density at radius 1 is 1.27 bits per heavy atom. The summed E-state index contributed by atoms with van der Waals surface area (Å²) < 4.78 is 23.1. The van der Waals surface area contributed by atoms with Gasteiger partial charge >= 0.3 is 5.97 Å². The molecule has 0 saturated heterocycles. The number of hydrogen-bond donors (Lipinski definition) is 2. The van der Waals surface area contributed by atoms with Crippen molar-refractivity contribution in [2.75, 3.05) is 6.61 Å². The van der Waals surface area contributed by atoms with Gasteiger partial charge in [0.1, 0.15) is 6.61 Å². The largest absolute Gasteiger partial charge is 0.450 e. The lowest BCUT2D eigenvalue weighted by atomic mass is 9.44. The molecule has 0 aliphatic heterocycles. The molecule has 33 heavy (non-hydrogen) atoms. The van der Waals surface area contributed by atoms with E-state index in [-0.39, 0.29) is 24.5 Å². The molecule has 8 atom stereocenters. The van der Waals surface area contributed by atoms with Gasteiger partial charge in [-0.25, -0.2) is 4.39 Å². The van der Waals surface area contributed by atoms with Crippen molar-refractivity contribution in [3.63, 3.8) is 0 Å². The maximum absolute atomic E-state index is 17.2. The summed E-state index contributed by atoms with van der Waals surface area (Å²) in [5, 5.41) is 21.3. The van der Waals surface area contributed by atoms with E-state index in [1.807, 2.05) is 20.8 Å². The number of aliphatic hydroxyl groups excluding tert-OH is 2. The minimum absolute atomic E-state index is 0.0786. The first-order valence-corrected chi connectivity index (χ1v) is 12.1. The molecule has 0 radical (unpaired) electrons. The van der Waals surface area contributed by atoms with Crippen LogP contribution in [0.2, 0.25) is 0 Å². The van der Waals surface area contributed by atoms with Crippen LogP contribution < -0.4 is 0 Å². The third kappa shape index (κ3) is 2.94. The van der Waals surface area contributed by atoms with Gasteiger partial charge in [-0.3, -0.25) is 14.4 Å². The molecule has 0 bridgehead atoms. The van der Waals surface area contributed by atoms with Crippen LogP contribution in [0.3, 0.4) is 0 Å². The Morgan fingerprint density at radius 3 is 2.61 bits per heavy atom. The molecule has 182 valence electrons. The first kappa shape index (κ1) is 24.3. The summed E-state index contributed by atoms with van der Waals surface area (Å²) in [4.78, 5) is 37.9. The van der Waals surface area contributed by atoms with E-state index >= 15 is 4.39 Å². The van der Waals surface area contributed by atoms with Gasteiger partial charge in [0.15, 0.2) is 17.1 Å². The van der Waals surface area contributed by atoms with Crippen molar-refractivity contribution in [2.45, 2.75) is 83.6 Å². The highest BCUT2D eigenvalue weighted by molar-refractivity contribution is 6.01. The molecule has 7 heteroatoms. The molecule has 2 N–H and O–H groups in total. The smallest absolute Gasteiger partial charge is 0.306 e. The Kier molecular flexibility index (Phi) is 5.77. The summed E-state index contributed by atoms with van der Waals surface area (Å²) in [6, 6.07) is 0. The molecule has 3 saturated carbocycles. The van der Waals surface area contributed by atoms with Gasteiger partial charge in [-0.2, -0.15) is 0 Å². The average molecular weight is 463 g/mol. The standard InChI is InChI=1S/C26H35FO6/c1-5-6-22(32)33-26(21(31)14-28)15(2)11-19-18-8-7-16-12-17(29)9-10-23(16,3)25(18,27)20(30)13-24(19,26)4/h9-10,12,15,18-20,28,30H,5-8,11,13-14H2,1-4H3/t15-,18+,19-,20-,23+,24+,25+,26+/m1/s1. The number of ketones is 2. The highest BCUT2D eigenvalue weighted by Crippen LogP contribution is 2.71. The van der Waals surface area contributed by atoms with Gasteiger partial charge in [-0.1, -0.05) is 32.4 Å². The van der Waals surface area contributed by atoms with Crippen molar-refractivity contribution < 1.29 is 33.7 Å². The van der Waals surface area contributed by atoms with E-state index < -0.39 is 58.4 Å². The summed E-state index contributed by atoms with van der Waals surface area (Å²) in [6.07, 6.45) is 5.02. The molecular formula is C26H35FO6. The molecule has 0 amide bonds. The molecule has 6 nitrogen and oxygen atoms in total. The van der Waals surface area contributed by atoms with E-state index in [4.69, 9.17) is 4.74 Å². The van der Waals surface area contributed by atoms with Crippen molar-refractivity contribution in [1.29, 1.82) is 0 Å². The zero-order chi connectivity index (χ0) is 24.4. The third-order valence-corrected chi connectivity index (χ3v) is 9.47. The van der Waals surface area contributed by atoms with Crippen LogP contribution in [0.5, 0.6) is 0 Å². The number of esters is 1. The summed E-state index contributed by atoms with van der Waals surface area (Å²) in [5.74, 6) is -2.65. The Labute approximate surface area is 194 Å². The first-order chi connectivity index (χ1) is 15.4. The molecule has 0 unspecified atom stereocenters. The van der Waals surface area contributed by atoms with Crippen molar-refractivity contribution in [3.05, 3.63) is 23.8 Å². The van der Waals surface area contributed by atoms with Crippen LogP contribution >= 0.6 is 0 Å². The fraction of sp³-hybridized carbons (Fsp3) is 0.731. The molecular weight excluding hydrogens is 427 g/mol. The van der Waals surface area contributed by atoms with Crippen LogP contribution in [-0.4, -0.2) is 51.7 Å². The van der Waals surface area contributed by atoms with Gasteiger partial charge < -0.3 is 14.9 Å². The van der Waals surface area contributed by atoms with E-state index in [0.29, 0.717) is 31.3 Å². The minimum atomic E-state index is -2.02. The van der Waals surface area contributed by atoms with Gasteiger partial charge in [0.2, 0.25) is 5.78 Å². The van der Waals surface area contributed by atoms with Crippen LogP contribution in [0.25, 0.3) is 0 Å². The normalized spacial score (nSPS) is 46.2. The lowest BCUT2D eigenvalue weighted by Gasteiger charge is -2.62. The summed E-state index contributed by atoms with van der Waals surface area (Å²) in [5.41, 5.74) is -5.10. The summed E-state index contributed by atoms with van der Waals surface area (Å²) in [6.45, 7) is 6.42. The van der Waals surface area contributed by atoms with E-state index in [9.17, 15) is 24.6 Å². The number of allylic oxidation sites excluding steroid dienone is 4. The number of rotatable bonds is 5. The topological polar surface area (TPSA) is 101 Å². The molecule has 0 aromatic carbocycles. The van der Waals surface area contributed by atoms with E-state index in [2.05, 4.69) is 0 Å².